The number of carbonyl (C=O) groups is 2. The maximum Gasteiger partial charge on any atom is 0.318 e. The van der Waals surface area contributed by atoms with E-state index in [1.54, 1.807) is 6.08 Å². The maximum absolute atomic E-state index is 12.6. The largest absolute Gasteiger partial charge is 0.510 e. The molecule has 3 unspecified atom stereocenters. The fourth-order valence-corrected chi connectivity index (χ4v) is 6.74. The molecule has 0 radical (unpaired) electrons. The highest BCUT2D eigenvalue weighted by atomic mass is 16.4. The van der Waals surface area contributed by atoms with Gasteiger partial charge in [0.2, 0.25) is 0 Å². The fourth-order valence-electron chi connectivity index (χ4n) is 6.74. The van der Waals surface area contributed by atoms with Crippen LogP contribution in [0.15, 0.2) is 119 Å². The predicted molar refractivity (Wildman–Crippen MR) is 161 cm³/mol. The summed E-state index contributed by atoms with van der Waals surface area (Å²) in [5, 5.41) is 34.8. The van der Waals surface area contributed by atoms with Gasteiger partial charge in [-0.05, 0) is 67.7 Å². The van der Waals surface area contributed by atoms with Gasteiger partial charge in [-0.25, -0.2) is 15.0 Å². The molecular weight excluding hydrogens is 532 g/mol. The van der Waals surface area contributed by atoms with Gasteiger partial charge >= 0.3 is 11.9 Å². The van der Waals surface area contributed by atoms with Crippen LogP contribution in [0.25, 0.3) is 0 Å². The molecule has 5 aliphatic heterocycles. The fraction of sp³-hybridized carbons (Fsp3) is 0.303. The lowest BCUT2D eigenvalue weighted by atomic mass is 9.85. The molecule has 1 fully saturated rings. The van der Waals surface area contributed by atoms with E-state index in [4.69, 9.17) is 15.0 Å². The minimum atomic E-state index is -1.37. The average Bonchev–Trinajstić information content (AvgIpc) is 3.66. The Hall–Kier alpha value is -4.79. The van der Waals surface area contributed by atoms with Crippen LogP contribution in [0.1, 0.15) is 47.5 Å². The standard InChI is InChI=1S/C33H32N4O5/c1-7-17-13(3)20-10-22-15(5)19(9-26(38)39)30(36-22)28-29(33(41)42)32(40)27-16(6)23(37-31(27)28)12-25-18(8-2)14(4)21(35-25)11-24(17)34-20/h7,10-12,15,19,29,36,40H,1,8-9H2,2-6H3,(H,38,39)(H,41,42). The molecule has 0 amide bonds. The van der Waals surface area contributed by atoms with Crippen LogP contribution in [0.5, 0.6) is 0 Å². The molecule has 1 aliphatic carbocycles. The molecule has 0 aromatic rings. The van der Waals surface area contributed by atoms with E-state index in [0.717, 1.165) is 45.8 Å². The van der Waals surface area contributed by atoms with Crippen molar-refractivity contribution >= 4 is 29.1 Å². The first-order valence-corrected chi connectivity index (χ1v) is 14.0. The van der Waals surface area contributed by atoms with Crippen molar-refractivity contribution in [3.8, 4) is 0 Å². The molecule has 5 heterocycles. The molecule has 0 aromatic heterocycles. The molecule has 9 heteroatoms. The first kappa shape index (κ1) is 27.4. The third-order valence-corrected chi connectivity index (χ3v) is 9.07. The molecule has 6 aliphatic rings. The molecule has 4 N–H and O–H groups in total. The molecule has 0 spiro atoms. The molecule has 1 saturated heterocycles. The summed E-state index contributed by atoms with van der Waals surface area (Å²) in [5.41, 5.74) is 10.3. The second kappa shape index (κ2) is 9.65. The van der Waals surface area contributed by atoms with Gasteiger partial charge in [0.25, 0.3) is 0 Å². The number of rotatable bonds is 5. The lowest BCUT2D eigenvalue weighted by Gasteiger charge is -2.18. The molecule has 6 rings (SSSR count). The van der Waals surface area contributed by atoms with Crippen molar-refractivity contribution < 1.29 is 24.9 Å². The van der Waals surface area contributed by atoms with E-state index in [1.165, 1.54) is 0 Å². The number of nitrogens with zero attached hydrogens (tertiary/aromatic N) is 3. The number of nitrogens with one attached hydrogen (secondary N) is 1. The first-order chi connectivity index (χ1) is 20.0. The third kappa shape index (κ3) is 3.87. The summed E-state index contributed by atoms with van der Waals surface area (Å²) in [7, 11) is 0. The molecule has 0 aromatic carbocycles. The van der Waals surface area contributed by atoms with Gasteiger partial charge in [-0.1, -0.05) is 26.5 Å². The topological polar surface area (TPSA) is 144 Å². The van der Waals surface area contributed by atoms with Crippen molar-refractivity contribution in [3.05, 3.63) is 104 Å². The minimum absolute atomic E-state index is 0.227. The highest BCUT2D eigenvalue weighted by Gasteiger charge is 2.49. The SMILES string of the molecule is C=CC1=C(C)C2=NC1=CC1=NC(=CC3=C(C)C4=C(O)C(C(=O)O)C(=C5NC(=C2)C(C)C5CC(=O)O)C4=N3)C(CC)=C1C. The van der Waals surface area contributed by atoms with Gasteiger partial charge in [0, 0.05) is 39.9 Å². The Bertz CT molecular complexity index is 1780. The van der Waals surface area contributed by atoms with Crippen molar-refractivity contribution in [2.45, 2.75) is 47.5 Å². The van der Waals surface area contributed by atoms with Crippen LogP contribution in [0.2, 0.25) is 0 Å². The Morgan fingerprint density at radius 1 is 1.00 bits per heavy atom. The minimum Gasteiger partial charge on any atom is -0.510 e. The number of fused-ring (bicyclic) bond motifs is 5. The summed E-state index contributed by atoms with van der Waals surface area (Å²) in [4.78, 5) is 39.4. The Kier molecular flexibility index (Phi) is 6.29. The van der Waals surface area contributed by atoms with Crippen LogP contribution in [-0.2, 0) is 9.59 Å². The number of hydrogen-bond donors (Lipinski definition) is 4. The van der Waals surface area contributed by atoms with Gasteiger partial charge in [0.1, 0.15) is 11.7 Å². The second-order valence-corrected chi connectivity index (χ2v) is 11.3. The van der Waals surface area contributed by atoms with E-state index in [2.05, 4.69) is 18.8 Å². The Balaban J connectivity index is 1.69. The molecule has 8 bridgehead atoms. The first-order valence-electron chi connectivity index (χ1n) is 14.0. The normalized spacial score (nSPS) is 26.4. The van der Waals surface area contributed by atoms with Gasteiger partial charge in [-0.2, -0.15) is 0 Å². The number of aliphatic imine (C=N–C) groups is 3. The van der Waals surface area contributed by atoms with E-state index in [-0.39, 0.29) is 18.1 Å². The van der Waals surface area contributed by atoms with Crippen molar-refractivity contribution in [3.63, 3.8) is 0 Å². The van der Waals surface area contributed by atoms with E-state index in [0.29, 0.717) is 45.2 Å². The van der Waals surface area contributed by atoms with Crippen LogP contribution >= 0.6 is 0 Å². The Morgan fingerprint density at radius 3 is 2.33 bits per heavy atom. The smallest absolute Gasteiger partial charge is 0.318 e. The lowest BCUT2D eigenvalue weighted by Crippen LogP contribution is -2.24. The molecular formula is C33H32N4O5. The molecule has 0 saturated carbocycles. The second-order valence-electron chi connectivity index (χ2n) is 11.3. The van der Waals surface area contributed by atoms with Crippen molar-refractivity contribution in [2.24, 2.45) is 32.7 Å². The quantitative estimate of drug-likeness (QED) is 0.341. The molecule has 214 valence electrons. The summed E-state index contributed by atoms with van der Waals surface area (Å²) >= 11 is 0. The monoisotopic (exact) mass is 564 g/mol. The van der Waals surface area contributed by atoms with Crippen LogP contribution in [-0.4, -0.2) is 44.4 Å². The molecule has 9 nitrogen and oxygen atoms in total. The number of aliphatic carboxylic acids is 2. The van der Waals surface area contributed by atoms with Crippen molar-refractivity contribution in [2.75, 3.05) is 0 Å². The zero-order chi connectivity index (χ0) is 30.2. The average molecular weight is 565 g/mol. The van der Waals surface area contributed by atoms with E-state index in [1.807, 2.05) is 45.9 Å². The Morgan fingerprint density at radius 2 is 1.69 bits per heavy atom. The summed E-state index contributed by atoms with van der Waals surface area (Å²) in [5.74, 6) is -4.78. The molecule has 3 atom stereocenters. The van der Waals surface area contributed by atoms with E-state index >= 15 is 0 Å². The number of hydrogen-bond acceptors (Lipinski definition) is 7. The van der Waals surface area contributed by atoms with Crippen molar-refractivity contribution in [1.29, 1.82) is 0 Å². The van der Waals surface area contributed by atoms with Gasteiger partial charge < -0.3 is 20.6 Å². The highest BCUT2D eigenvalue weighted by Crippen LogP contribution is 2.48. The van der Waals surface area contributed by atoms with E-state index in [9.17, 15) is 24.9 Å². The van der Waals surface area contributed by atoms with Crippen LogP contribution in [0.4, 0.5) is 0 Å². The van der Waals surface area contributed by atoms with E-state index < -0.39 is 23.8 Å². The highest BCUT2D eigenvalue weighted by molar-refractivity contribution is 6.24. The van der Waals surface area contributed by atoms with Gasteiger partial charge in [0.05, 0.1) is 40.6 Å². The zero-order valence-corrected chi connectivity index (χ0v) is 24.2. The maximum atomic E-state index is 12.6. The number of carboxylic acid groups (broad SMARTS) is 2. The number of aliphatic hydroxyl groups is 1. The van der Waals surface area contributed by atoms with Crippen LogP contribution in [0, 0.1) is 17.8 Å². The summed E-state index contributed by atoms with van der Waals surface area (Å²) < 4.78 is 0. The molecule has 42 heavy (non-hydrogen) atoms. The Labute approximate surface area is 243 Å². The van der Waals surface area contributed by atoms with Crippen LogP contribution < -0.4 is 5.32 Å². The van der Waals surface area contributed by atoms with Gasteiger partial charge in [0.15, 0.2) is 0 Å². The number of carboxylic acids is 2. The lowest BCUT2D eigenvalue weighted by molar-refractivity contribution is -0.140. The predicted octanol–water partition coefficient (Wildman–Crippen LogP) is 5.63. The number of allylic oxidation sites excluding steroid dienone is 11. The summed E-state index contributed by atoms with van der Waals surface area (Å²) in [6, 6.07) is 0. The third-order valence-electron chi connectivity index (χ3n) is 9.07. The number of aliphatic hydroxyl groups excluding tert-OH is 1. The van der Waals surface area contributed by atoms with Gasteiger partial charge in [-0.3, -0.25) is 9.59 Å². The van der Waals surface area contributed by atoms with Gasteiger partial charge in [-0.15, -0.1) is 0 Å². The zero-order valence-electron chi connectivity index (χ0n) is 24.2. The van der Waals surface area contributed by atoms with Crippen molar-refractivity contribution in [1.82, 2.24) is 5.32 Å². The van der Waals surface area contributed by atoms with Crippen LogP contribution in [0.3, 0.4) is 0 Å². The summed E-state index contributed by atoms with van der Waals surface area (Å²) in [6.07, 6.45) is 8.02. The summed E-state index contributed by atoms with van der Waals surface area (Å²) in [6.45, 7) is 13.8.